The predicted molar refractivity (Wildman–Crippen MR) is 128 cm³/mol. The summed E-state index contributed by atoms with van der Waals surface area (Å²) in [5.74, 6) is 0.282. The third-order valence-corrected chi connectivity index (χ3v) is 7.47. The van der Waals surface area contributed by atoms with Crippen LogP contribution in [-0.4, -0.2) is 48.9 Å². The average molecular weight is 421 g/mol. The van der Waals surface area contributed by atoms with E-state index in [0.29, 0.717) is 6.42 Å². The summed E-state index contributed by atoms with van der Waals surface area (Å²) in [6.07, 6.45) is 3.64. The van der Waals surface area contributed by atoms with Gasteiger partial charge in [0.05, 0.1) is 6.42 Å². The molecule has 0 unspecified atom stereocenters. The maximum absolute atomic E-state index is 12.8. The van der Waals surface area contributed by atoms with E-state index >= 15 is 0 Å². The number of nitrogens with zero attached hydrogens (tertiary/aromatic N) is 2. The van der Waals surface area contributed by atoms with Gasteiger partial charge in [-0.2, -0.15) is 0 Å². The van der Waals surface area contributed by atoms with Crippen molar-refractivity contribution in [1.82, 2.24) is 9.80 Å². The maximum Gasteiger partial charge on any atom is 0.227 e. The maximum atomic E-state index is 12.8. The largest absolute Gasteiger partial charge is 0.342 e. The van der Waals surface area contributed by atoms with Gasteiger partial charge in [0.2, 0.25) is 5.91 Å². The van der Waals surface area contributed by atoms with E-state index in [4.69, 9.17) is 0 Å². The number of likely N-dealkylation sites (N-methyl/N-ethyl adjacent to an activating group) is 1. The lowest BCUT2D eigenvalue weighted by Gasteiger charge is -2.22. The van der Waals surface area contributed by atoms with Gasteiger partial charge in [0.1, 0.15) is 0 Å². The molecule has 0 saturated heterocycles. The van der Waals surface area contributed by atoms with Gasteiger partial charge >= 0.3 is 0 Å². The highest BCUT2D eigenvalue weighted by molar-refractivity contribution is 7.17. The zero-order valence-electron chi connectivity index (χ0n) is 18.4. The van der Waals surface area contributed by atoms with Crippen molar-refractivity contribution in [3.63, 3.8) is 0 Å². The van der Waals surface area contributed by atoms with Gasteiger partial charge in [-0.3, -0.25) is 4.79 Å². The lowest BCUT2D eigenvalue weighted by atomic mass is 9.97. The van der Waals surface area contributed by atoms with Crippen LogP contribution in [0, 0.1) is 13.8 Å². The van der Waals surface area contributed by atoms with Crippen molar-refractivity contribution >= 4 is 27.3 Å². The minimum Gasteiger partial charge on any atom is -0.342 e. The SMILES string of the molecule is Cc1cc2c(cc1C)CC(=O)N(CCCN(C)CCc1csc3ccccc13)CC2. The van der Waals surface area contributed by atoms with Crippen LogP contribution in [0.25, 0.3) is 10.1 Å². The van der Waals surface area contributed by atoms with Crippen molar-refractivity contribution in [2.75, 3.05) is 33.2 Å². The predicted octanol–water partition coefficient (Wildman–Crippen LogP) is 5.01. The monoisotopic (exact) mass is 420 g/mol. The first-order valence-corrected chi connectivity index (χ1v) is 11.9. The minimum absolute atomic E-state index is 0.282. The fraction of sp³-hybridized carbons (Fsp3) is 0.423. The first kappa shape index (κ1) is 21.1. The van der Waals surface area contributed by atoms with Crippen molar-refractivity contribution in [2.24, 2.45) is 0 Å². The van der Waals surface area contributed by atoms with Crippen molar-refractivity contribution in [1.29, 1.82) is 0 Å². The average Bonchev–Trinajstić information content (AvgIpc) is 3.08. The highest BCUT2D eigenvalue weighted by Gasteiger charge is 2.21. The second kappa shape index (κ2) is 9.32. The topological polar surface area (TPSA) is 23.6 Å². The van der Waals surface area contributed by atoms with Crippen molar-refractivity contribution in [3.05, 3.63) is 69.6 Å². The molecule has 3 nitrogen and oxygen atoms in total. The molecule has 2 aromatic carbocycles. The third kappa shape index (κ3) is 4.76. The van der Waals surface area contributed by atoms with Crippen molar-refractivity contribution in [3.8, 4) is 0 Å². The molecule has 0 aliphatic carbocycles. The van der Waals surface area contributed by atoms with Gasteiger partial charge in [0.25, 0.3) is 0 Å². The van der Waals surface area contributed by atoms with E-state index < -0.39 is 0 Å². The molecular weight excluding hydrogens is 388 g/mol. The van der Waals surface area contributed by atoms with Crippen LogP contribution in [0.15, 0.2) is 41.8 Å². The van der Waals surface area contributed by atoms with E-state index in [1.807, 2.05) is 11.3 Å². The number of aryl methyl sites for hydroxylation is 2. The smallest absolute Gasteiger partial charge is 0.227 e. The number of hydrogen-bond donors (Lipinski definition) is 0. The van der Waals surface area contributed by atoms with E-state index in [1.165, 1.54) is 37.9 Å². The zero-order valence-corrected chi connectivity index (χ0v) is 19.2. The van der Waals surface area contributed by atoms with Crippen molar-refractivity contribution < 1.29 is 4.79 Å². The normalized spacial score (nSPS) is 14.4. The Morgan fingerprint density at radius 2 is 1.83 bits per heavy atom. The molecule has 0 spiro atoms. The molecule has 158 valence electrons. The Balaban J connectivity index is 1.25. The first-order chi connectivity index (χ1) is 14.5. The number of carbonyl (C=O) groups is 1. The summed E-state index contributed by atoms with van der Waals surface area (Å²) in [6.45, 7) is 8.08. The van der Waals surface area contributed by atoms with E-state index in [1.54, 1.807) is 0 Å². The van der Waals surface area contributed by atoms with Crippen LogP contribution in [0.1, 0.15) is 34.2 Å². The number of thiophene rings is 1. The standard InChI is InChI=1S/C26H32N2OS/c1-19-15-21-10-14-28(26(29)17-23(21)16-20(19)2)12-6-11-27(3)13-9-22-18-30-25-8-5-4-7-24(22)25/h4-5,7-8,15-16,18H,6,9-14,17H2,1-3H3. The number of carbonyl (C=O) groups excluding carboxylic acids is 1. The second-order valence-electron chi connectivity index (χ2n) is 8.68. The molecule has 0 N–H and O–H groups in total. The summed E-state index contributed by atoms with van der Waals surface area (Å²) >= 11 is 1.84. The van der Waals surface area contributed by atoms with E-state index in [0.717, 1.165) is 45.4 Å². The van der Waals surface area contributed by atoms with Gasteiger partial charge in [-0.15, -0.1) is 11.3 Å². The fourth-order valence-corrected chi connectivity index (χ4v) is 5.40. The molecule has 1 amide bonds. The Hall–Kier alpha value is -2.17. The molecule has 2 heterocycles. The Bertz CT molecular complexity index is 1040. The lowest BCUT2D eigenvalue weighted by Crippen LogP contribution is -2.35. The second-order valence-corrected chi connectivity index (χ2v) is 9.59. The number of benzene rings is 2. The van der Waals surface area contributed by atoms with Crippen LogP contribution in [0.3, 0.4) is 0 Å². The summed E-state index contributed by atoms with van der Waals surface area (Å²) in [5, 5.41) is 3.70. The fourth-order valence-electron chi connectivity index (χ4n) is 4.41. The molecule has 0 radical (unpaired) electrons. The molecule has 0 fully saturated rings. The number of rotatable bonds is 7. The molecule has 30 heavy (non-hydrogen) atoms. The van der Waals surface area contributed by atoms with Gasteiger partial charge in [-0.1, -0.05) is 30.3 Å². The Labute approximate surface area is 184 Å². The van der Waals surface area contributed by atoms with Crippen LogP contribution in [-0.2, 0) is 24.1 Å². The highest BCUT2D eigenvalue weighted by atomic mass is 32.1. The zero-order chi connectivity index (χ0) is 21.1. The van der Waals surface area contributed by atoms with Gasteiger partial charge in [0.15, 0.2) is 0 Å². The van der Waals surface area contributed by atoms with E-state index in [2.05, 4.69) is 72.5 Å². The van der Waals surface area contributed by atoms with Gasteiger partial charge in [0, 0.05) is 24.3 Å². The van der Waals surface area contributed by atoms with Crippen molar-refractivity contribution in [2.45, 2.75) is 39.5 Å². The summed E-state index contributed by atoms with van der Waals surface area (Å²) in [4.78, 5) is 17.2. The molecule has 0 saturated carbocycles. The van der Waals surface area contributed by atoms with Crippen LogP contribution in [0.4, 0.5) is 0 Å². The summed E-state index contributed by atoms with van der Waals surface area (Å²) in [7, 11) is 2.19. The molecule has 4 rings (SSSR count). The van der Waals surface area contributed by atoms with Crippen LogP contribution in [0.5, 0.6) is 0 Å². The van der Waals surface area contributed by atoms with Gasteiger partial charge in [-0.05, 0) is 91.4 Å². The molecule has 0 bridgehead atoms. The Kier molecular flexibility index (Phi) is 6.55. The van der Waals surface area contributed by atoms with Crippen LogP contribution < -0.4 is 0 Å². The quantitative estimate of drug-likeness (QED) is 0.536. The van der Waals surface area contributed by atoms with Gasteiger partial charge < -0.3 is 9.80 Å². The molecule has 1 aliphatic rings. The van der Waals surface area contributed by atoms with E-state index in [-0.39, 0.29) is 5.91 Å². The van der Waals surface area contributed by atoms with Gasteiger partial charge in [-0.25, -0.2) is 0 Å². The number of hydrogen-bond acceptors (Lipinski definition) is 3. The van der Waals surface area contributed by atoms with Crippen LogP contribution >= 0.6 is 11.3 Å². The summed E-state index contributed by atoms with van der Waals surface area (Å²) < 4.78 is 1.38. The summed E-state index contributed by atoms with van der Waals surface area (Å²) in [5.41, 5.74) is 6.65. The summed E-state index contributed by atoms with van der Waals surface area (Å²) in [6, 6.07) is 13.2. The third-order valence-electron chi connectivity index (χ3n) is 6.45. The van der Waals surface area contributed by atoms with E-state index in [9.17, 15) is 4.79 Å². The minimum atomic E-state index is 0.282. The Morgan fingerprint density at radius 3 is 2.67 bits per heavy atom. The number of fused-ring (bicyclic) bond motifs is 2. The number of amides is 1. The molecular formula is C26H32N2OS. The lowest BCUT2D eigenvalue weighted by molar-refractivity contribution is -0.130. The molecule has 1 aromatic heterocycles. The molecule has 3 aromatic rings. The van der Waals surface area contributed by atoms with Crippen LogP contribution in [0.2, 0.25) is 0 Å². The first-order valence-electron chi connectivity index (χ1n) is 11.0. The molecule has 1 aliphatic heterocycles. The Morgan fingerprint density at radius 1 is 1.07 bits per heavy atom. The highest BCUT2D eigenvalue weighted by Crippen LogP contribution is 2.26. The molecule has 4 heteroatoms. The molecule has 0 atom stereocenters.